The third kappa shape index (κ3) is 4.67. The van der Waals surface area contributed by atoms with Crippen LogP contribution in [-0.4, -0.2) is 31.3 Å². The van der Waals surface area contributed by atoms with Crippen LogP contribution in [0.4, 0.5) is 0 Å². The second-order valence-corrected chi connectivity index (χ2v) is 4.40. The maximum absolute atomic E-state index is 11.9. The second kappa shape index (κ2) is 6.91. The molecule has 1 amide bonds. The predicted molar refractivity (Wildman–Crippen MR) is 71.8 cm³/mol. The molecule has 18 heavy (non-hydrogen) atoms. The van der Waals surface area contributed by atoms with E-state index in [1.54, 1.807) is 0 Å². The van der Waals surface area contributed by atoms with Gasteiger partial charge in [0.2, 0.25) is 5.91 Å². The Balaban J connectivity index is 2.39. The topological polar surface area (TPSA) is 58.2 Å². The average molecular weight is 248 g/mol. The first-order valence-corrected chi connectivity index (χ1v) is 6.06. The summed E-state index contributed by atoms with van der Waals surface area (Å²) in [6.45, 7) is 6.85. The van der Waals surface area contributed by atoms with E-state index in [-0.39, 0.29) is 11.7 Å². The summed E-state index contributed by atoms with van der Waals surface area (Å²) >= 11 is 0. The Morgan fingerprint density at radius 3 is 2.50 bits per heavy atom. The molecule has 0 unspecified atom stereocenters. The van der Waals surface area contributed by atoms with Crippen molar-refractivity contribution in [3.63, 3.8) is 0 Å². The molecule has 1 aromatic rings. The van der Waals surface area contributed by atoms with Crippen LogP contribution in [0.1, 0.15) is 28.4 Å². The Labute approximate surface area is 108 Å². The number of carbonyl (C=O) groups is 2. The lowest BCUT2D eigenvalue weighted by molar-refractivity contribution is -0.118. The summed E-state index contributed by atoms with van der Waals surface area (Å²) in [5, 5.41) is 5.68. The molecule has 0 radical (unpaired) electrons. The Bertz CT molecular complexity index is 441. The first kappa shape index (κ1) is 14.4. The molecular weight excluding hydrogens is 228 g/mol. The van der Waals surface area contributed by atoms with Gasteiger partial charge in [0.1, 0.15) is 0 Å². The molecule has 0 fully saturated rings. The highest BCUT2D eigenvalue weighted by Crippen LogP contribution is 2.10. The van der Waals surface area contributed by atoms with Gasteiger partial charge in [0.05, 0.1) is 6.54 Å². The molecule has 4 nitrogen and oxygen atoms in total. The van der Waals surface area contributed by atoms with Gasteiger partial charge in [-0.15, -0.1) is 0 Å². The molecule has 0 aliphatic carbocycles. The van der Waals surface area contributed by atoms with Crippen LogP contribution in [0.25, 0.3) is 0 Å². The third-order valence-corrected chi connectivity index (χ3v) is 2.64. The summed E-state index contributed by atoms with van der Waals surface area (Å²) in [6, 6.07) is 5.81. The van der Waals surface area contributed by atoms with Gasteiger partial charge < -0.3 is 10.6 Å². The van der Waals surface area contributed by atoms with Crippen LogP contribution in [-0.2, 0) is 4.79 Å². The summed E-state index contributed by atoms with van der Waals surface area (Å²) < 4.78 is 0. The Morgan fingerprint density at radius 1 is 1.17 bits per heavy atom. The van der Waals surface area contributed by atoms with Crippen molar-refractivity contribution in [1.29, 1.82) is 0 Å². The van der Waals surface area contributed by atoms with Crippen LogP contribution in [0.2, 0.25) is 0 Å². The molecule has 0 saturated heterocycles. The van der Waals surface area contributed by atoms with Gasteiger partial charge in [-0.05, 0) is 19.4 Å². The zero-order valence-corrected chi connectivity index (χ0v) is 11.2. The number of Topliss-reactive ketones (excluding diaryl/α,β-unsaturated/α-hetero) is 1. The molecule has 98 valence electrons. The fourth-order valence-electron chi connectivity index (χ4n) is 1.75. The SMILES string of the molecule is CC(=O)NCCNCC(=O)c1ccc(C)cc1C. The number of aryl methyl sites for hydroxylation is 2. The lowest BCUT2D eigenvalue weighted by Crippen LogP contribution is -2.33. The predicted octanol–water partition coefficient (Wildman–Crippen LogP) is 1.21. The van der Waals surface area contributed by atoms with Crippen molar-refractivity contribution < 1.29 is 9.59 Å². The molecule has 1 rings (SSSR count). The molecular formula is C14H20N2O2. The van der Waals surface area contributed by atoms with Crippen LogP contribution < -0.4 is 10.6 Å². The molecule has 0 aliphatic heterocycles. The van der Waals surface area contributed by atoms with Crippen molar-refractivity contribution >= 4 is 11.7 Å². The lowest BCUT2D eigenvalue weighted by Gasteiger charge is -2.07. The summed E-state index contributed by atoms with van der Waals surface area (Å²) in [7, 11) is 0. The fraction of sp³-hybridized carbons (Fsp3) is 0.429. The van der Waals surface area contributed by atoms with E-state index < -0.39 is 0 Å². The van der Waals surface area contributed by atoms with E-state index in [4.69, 9.17) is 0 Å². The summed E-state index contributed by atoms with van der Waals surface area (Å²) in [6.07, 6.45) is 0. The maximum atomic E-state index is 11.9. The van der Waals surface area contributed by atoms with E-state index in [0.717, 1.165) is 16.7 Å². The zero-order valence-electron chi connectivity index (χ0n) is 11.2. The molecule has 0 atom stereocenters. The molecule has 1 aromatic carbocycles. The number of hydrogen-bond acceptors (Lipinski definition) is 3. The van der Waals surface area contributed by atoms with Gasteiger partial charge in [-0.1, -0.05) is 23.8 Å². The van der Waals surface area contributed by atoms with E-state index in [0.29, 0.717) is 19.6 Å². The fourth-order valence-corrected chi connectivity index (χ4v) is 1.75. The van der Waals surface area contributed by atoms with E-state index in [1.807, 2.05) is 32.0 Å². The van der Waals surface area contributed by atoms with Gasteiger partial charge in [0.15, 0.2) is 5.78 Å². The standard InChI is InChI=1S/C14H20N2O2/c1-10-4-5-13(11(2)8-10)14(18)9-15-6-7-16-12(3)17/h4-5,8,15H,6-7,9H2,1-3H3,(H,16,17). The van der Waals surface area contributed by atoms with Gasteiger partial charge in [-0.3, -0.25) is 9.59 Å². The monoisotopic (exact) mass is 248 g/mol. The minimum Gasteiger partial charge on any atom is -0.355 e. The summed E-state index contributed by atoms with van der Waals surface area (Å²) in [5.41, 5.74) is 2.92. The van der Waals surface area contributed by atoms with Gasteiger partial charge in [-0.2, -0.15) is 0 Å². The highest BCUT2D eigenvalue weighted by Gasteiger charge is 2.08. The number of ketones is 1. The molecule has 0 aliphatic rings. The second-order valence-electron chi connectivity index (χ2n) is 4.40. The molecule has 0 spiro atoms. The smallest absolute Gasteiger partial charge is 0.216 e. The van der Waals surface area contributed by atoms with E-state index in [2.05, 4.69) is 10.6 Å². The zero-order chi connectivity index (χ0) is 13.5. The van der Waals surface area contributed by atoms with Gasteiger partial charge in [0, 0.05) is 25.6 Å². The molecule has 0 bridgehead atoms. The van der Waals surface area contributed by atoms with Crippen molar-refractivity contribution in [3.8, 4) is 0 Å². The number of rotatable bonds is 6. The van der Waals surface area contributed by atoms with Crippen LogP contribution >= 0.6 is 0 Å². The molecule has 0 aromatic heterocycles. The number of benzene rings is 1. The molecule has 0 saturated carbocycles. The normalized spacial score (nSPS) is 10.2. The van der Waals surface area contributed by atoms with E-state index >= 15 is 0 Å². The quantitative estimate of drug-likeness (QED) is 0.587. The Morgan fingerprint density at radius 2 is 1.89 bits per heavy atom. The lowest BCUT2D eigenvalue weighted by atomic mass is 10.0. The molecule has 0 heterocycles. The van der Waals surface area contributed by atoms with Gasteiger partial charge in [0.25, 0.3) is 0 Å². The van der Waals surface area contributed by atoms with Crippen LogP contribution in [0.3, 0.4) is 0 Å². The largest absolute Gasteiger partial charge is 0.355 e. The minimum atomic E-state index is -0.0579. The minimum absolute atomic E-state index is 0.0579. The van der Waals surface area contributed by atoms with Gasteiger partial charge in [-0.25, -0.2) is 0 Å². The van der Waals surface area contributed by atoms with E-state index in [9.17, 15) is 9.59 Å². The number of hydrogen-bond donors (Lipinski definition) is 2. The Hall–Kier alpha value is -1.68. The molecule has 4 heteroatoms. The van der Waals surface area contributed by atoms with Gasteiger partial charge >= 0.3 is 0 Å². The third-order valence-electron chi connectivity index (χ3n) is 2.64. The van der Waals surface area contributed by atoms with E-state index in [1.165, 1.54) is 6.92 Å². The first-order chi connectivity index (χ1) is 8.50. The van der Waals surface area contributed by atoms with Crippen molar-refractivity contribution in [1.82, 2.24) is 10.6 Å². The summed E-state index contributed by atoms with van der Waals surface area (Å²) in [4.78, 5) is 22.6. The maximum Gasteiger partial charge on any atom is 0.216 e. The summed E-state index contributed by atoms with van der Waals surface area (Å²) in [5.74, 6) is 0.0211. The van der Waals surface area contributed by atoms with Crippen molar-refractivity contribution in [2.45, 2.75) is 20.8 Å². The van der Waals surface area contributed by atoms with Crippen LogP contribution in [0, 0.1) is 13.8 Å². The van der Waals surface area contributed by atoms with Crippen molar-refractivity contribution in [2.24, 2.45) is 0 Å². The van der Waals surface area contributed by atoms with Crippen LogP contribution in [0.15, 0.2) is 18.2 Å². The number of nitrogens with one attached hydrogen (secondary N) is 2. The number of amides is 1. The highest BCUT2D eigenvalue weighted by molar-refractivity contribution is 5.98. The first-order valence-electron chi connectivity index (χ1n) is 6.06. The number of carbonyl (C=O) groups excluding carboxylic acids is 2. The average Bonchev–Trinajstić information content (AvgIpc) is 2.27. The molecule has 2 N–H and O–H groups in total. The highest BCUT2D eigenvalue weighted by atomic mass is 16.1. The van der Waals surface area contributed by atoms with Crippen molar-refractivity contribution in [2.75, 3.05) is 19.6 Å². The Kier molecular flexibility index (Phi) is 5.52. The van der Waals surface area contributed by atoms with Crippen LogP contribution in [0.5, 0.6) is 0 Å². The van der Waals surface area contributed by atoms with Crippen molar-refractivity contribution in [3.05, 3.63) is 34.9 Å².